The molecule has 7 heteroatoms. The Morgan fingerprint density at radius 3 is 3.00 bits per heavy atom. The van der Waals surface area contributed by atoms with Crippen LogP contribution in [-0.2, 0) is 4.74 Å². The number of aromatic nitrogens is 2. The molecule has 102 valence electrons. The summed E-state index contributed by atoms with van der Waals surface area (Å²) in [4.78, 5) is 4.04. The maximum absolute atomic E-state index is 13.9. The third kappa shape index (κ3) is 1.85. The minimum absolute atomic E-state index is 0.427. The summed E-state index contributed by atoms with van der Waals surface area (Å²) < 4.78 is 34.3. The van der Waals surface area contributed by atoms with Crippen molar-refractivity contribution in [1.82, 2.24) is 9.55 Å². The fourth-order valence-electron chi connectivity index (χ4n) is 2.38. The van der Waals surface area contributed by atoms with Gasteiger partial charge < -0.3 is 15.6 Å². The fraction of sp³-hybridized carbons (Fsp3) is 0.417. The number of halogens is 2. The second-order valence-electron chi connectivity index (χ2n) is 4.62. The lowest BCUT2D eigenvalue weighted by molar-refractivity contribution is -0.116. The van der Waals surface area contributed by atoms with Crippen molar-refractivity contribution in [1.29, 1.82) is 0 Å². The summed E-state index contributed by atoms with van der Waals surface area (Å²) in [5.74, 6) is -3.05. The van der Waals surface area contributed by atoms with Gasteiger partial charge in [-0.25, -0.2) is 13.8 Å². The Morgan fingerprint density at radius 2 is 2.32 bits per heavy atom. The van der Waals surface area contributed by atoms with Crippen LogP contribution in [0.15, 0.2) is 24.5 Å². The van der Waals surface area contributed by atoms with Crippen LogP contribution in [-0.4, -0.2) is 33.3 Å². The minimum Gasteiger partial charge on any atom is -0.397 e. The number of nitrogens with two attached hydrogens (primary N) is 1. The van der Waals surface area contributed by atoms with Crippen LogP contribution in [0.3, 0.4) is 0 Å². The highest BCUT2D eigenvalue weighted by Gasteiger charge is 2.51. The van der Waals surface area contributed by atoms with Gasteiger partial charge in [0.25, 0.3) is 5.92 Å². The van der Waals surface area contributed by atoms with Crippen LogP contribution in [0.4, 0.5) is 14.5 Å². The molecule has 5 nitrogen and oxygen atoms in total. The summed E-state index contributed by atoms with van der Waals surface area (Å²) in [5.41, 5.74) is 7.13. The molecule has 1 aromatic heterocycles. The summed E-state index contributed by atoms with van der Waals surface area (Å²) in [5, 5.41) is 8.97. The molecule has 1 aliphatic rings. The lowest BCUT2D eigenvalue weighted by Gasteiger charge is -2.19. The molecule has 3 N–H and O–H groups in total. The molecule has 0 bridgehead atoms. The first kappa shape index (κ1) is 12.3. The maximum atomic E-state index is 13.9. The normalized spacial score (nSPS) is 26.1. The Morgan fingerprint density at radius 1 is 1.53 bits per heavy atom. The molecule has 2 aromatic rings. The number of anilines is 1. The number of aliphatic hydroxyl groups excluding tert-OH is 1. The topological polar surface area (TPSA) is 73.3 Å². The zero-order chi connectivity index (χ0) is 13.6. The van der Waals surface area contributed by atoms with Gasteiger partial charge in [0, 0.05) is 6.42 Å². The number of nitrogen functional groups attached to an aromatic ring is 1. The van der Waals surface area contributed by atoms with E-state index in [4.69, 9.17) is 15.6 Å². The van der Waals surface area contributed by atoms with Crippen molar-refractivity contribution in [2.45, 2.75) is 24.7 Å². The summed E-state index contributed by atoms with van der Waals surface area (Å²) in [6.07, 6.45) is -1.54. The number of aliphatic hydroxyl groups is 1. The van der Waals surface area contributed by atoms with Crippen LogP contribution in [0.2, 0.25) is 0 Å². The lowest BCUT2D eigenvalue weighted by Crippen LogP contribution is -2.25. The van der Waals surface area contributed by atoms with Crippen molar-refractivity contribution >= 4 is 16.7 Å². The van der Waals surface area contributed by atoms with Crippen molar-refractivity contribution in [3.63, 3.8) is 0 Å². The molecule has 0 aliphatic carbocycles. The molecule has 1 saturated heterocycles. The standard InChI is InChI=1S/C12H13F2N3O2/c13-12(14)4-7(5-18)19-11(12)17-6-16-10-8(15)2-1-3-9(10)17/h1-3,6-7,11,18H,4-5,15H2/t7-,11+/m0/s1. The van der Waals surface area contributed by atoms with Crippen LogP contribution in [0.1, 0.15) is 12.6 Å². The van der Waals surface area contributed by atoms with Crippen LogP contribution < -0.4 is 5.73 Å². The lowest BCUT2D eigenvalue weighted by atomic mass is 10.2. The van der Waals surface area contributed by atoms with E-state index in [0.29, 0.717) is 16.7 Å². The van der Waals surface area contributed by atoms with Gasteiger partial charge >= 0.3 is 0 Å². The molecule has 0 spiro atoms. The van der Waals surface area contributed by atoms with E-state index in [9.17, 15) is 8.78 Å². The van der Waals surface area contributed by atoms with E-state index in [0.717, 1.165) is 0 Å². The van der Waals surface area contributed by atoms with E-state index in [-0.39, 0.29) is 0 Å². The summed E-state index contributed by atoms with van der Waals surface area (Å²) >= 11 is 0. The van der Waals surface area contributed by atoms with Crippen LogP contribution in [0.25, 0.3) is 11.0 Å². The SMILES string of the molecule is Nc1cccc2c1ncn2[C@@H]1O[C@H](CO)CC1(F)F. The van der Waals surface area contributed by atoms with Crippen LogP contribution in [0.5, 0.6) is 0 Å². The predicted octanol–water partition coefficient (Wildman–Crippen LogP) is 1.53. The van der Waals surface area contributed by atoms with Gasteiger partial charge in [0.2, 0.25) is 0 Å². The zero-order valence-corrected chi connectivity index (χ0v) is 9.96. The Labute approximate surface area is 107 Å². The van der Waals surface area contributed by atoms with E-state index in [1.807, 2.05) is 0 Å². The van der Waals surface area contributed by atoms with E-state index < -0.39 is 31.3 Å². The van der Waals surface area contributed by atoms with Gasteiger partial charge in [-0.15, -0.1) is 0 Å². The van der Waals surface area contributed by atoms with Gasteiger partial charge in [-0.1, -0.05) is 6.07 Å². The molecule has 1 aromatic carbocycles. The molecular weight excluding hydrogens is 256 g/mol. The number of benzene rings is 1. The predicted molar refractivity (Wildman–Crippen MR) is 64.7 cm³/mol. The number of nitrogens with zero attached hydrogens (tertiary/aromatic N) is 2. The van der Waals surface area contributed by atoms with Gasteiger partial charge in [-0.05, 0) is 12.1 Å². The summed E-state index contributed by atoms with van der Waals surface area (Å²) in [6, 6.07) is 4.99. The molecule has 3 rings (SSSR count). The number of imidazole rings is 1. The van der Waals surface area contributed by atoms with Gasteiger partial charge in [-0.3, -0.25) is 4.57 Å². The Balaban J connectivity index is 2.07. The first-order valence-corrected chi connectivity index (χ1v) is 5.88. The number of ether oxygens (including phenoxy) is 1. The highest BCUT2D eigenvalue weighted by molar-refractivity contribution is 5.87. The molecule has 2 heterocycles. The van der Waals surface area contributed by atoms with Gasteiger partial charge in [-0.2, -0.15) is 0 Å². The number of para-hydroxylation sites is 1. The van der Waals surface area contributed by atoms with Crippen LogP contribution in [0, 0.1) is 0 Å². The third-order valence-electron chi connectivity index (χ3n) is 3.27. The Bertz CT molecular complexity index is 614. The second kappa shape index (κ2) is 4.14. The number of rotatable bonds is 2. The smallest absolute Gasteiger partial charge is 0.294 e. The fourth-order valence-corrected chi connectivity index (χ4v) is 2.38. The Kier molecular flexibility index (Phi) is 2.68. The summed E-state index contributed by atoms with van der Waals surface area (Å²) in [7, 11) is 0. The average Bonchev–Trinajstić information content (AvgIpc) is 2.90. The number of fused-ring (bicyclic) bond motifs is 1. The highest BCUT2D eigenvalue weighted by Crippen LogP contribution is 2.43. The first-order valence-electron chi connectivity index (χ1n) is 5.88. The largest absolute Gasteiger partial charge is 0.397 e. The quantitative estimate of drug-likeness (QED) is 0.811. The van der Waals surface area contributed by atoms with Crippen molar-refractivity contribution in [2.24, 2.45) is 0 Å². The third-order valence-corrected chi connectivity index (χ3v) is 3.27. The van der Waals surface area contributed by atoms with Crippen molar-refractivity contribution in [3.05, 3.63) is 24.5 Å². The molecule has 0 amide bonds. The number of alkyl halides is 2. The second-order valence-corrected chi connectivity index (χ2v) is 4.62. The van der Waals surface area contributed by atoms with Crippen molar-refractivity contribution in [2.75, 3.05) is 12.3 Å². The highest BCUT2D eigenvalue weighted by atomic mass is 19.3. The number of hydrogen-bond acceptors (Lipinski definition) is 4. The molecular formula is C12H13F2N3O2. The summed E-state index contributed by atoms with van der Waals surface area (Å²) in [6.45, 7) is -0.430. The van der Waals surface area contributed by atoms with Gasteiger partial charge in [0.1, 0.15) is 5.52 Å². The van der Waals surface area contributed by atoms with E-state index in [1.54, 1.807) is 18.2 Å². The number of hydrogen-bond donors (Lipinski definition) is 2. The molecule has 19 heavy (non-hydrogen) atoms. The van der Waals surface area contributed by atoms with Crippen molar-refractivity contribution in [3.8, 4) is 0 Å². The van der Waals surface area contributed by atoms with Gasteiger partial charge in [0.15, 0.2) is 6.23 Å². The van der Waals surface area contributed by atoms with E-state index in [1.165, 1.54) is 10.9 Å². The molecule has 0 radical (unpaired) electrons. The van der Waals surface area contributed by atoms with Gasteiger partial charge in [0.05, 0.1) is 30.2 Å². The monoisotopic (exact) mass is 269 g/mol. The molecule has 2 atom stereocenters. The van der Waals surface area contributed by atoms with E-state index in [2.05, 4.69) is 4.98 Å². The minimum atomic E-state index is -3.05. The molecule has 0 saturated carbocycles. The van der Waals surface area contributed by atoms with E-state index >= 15 is 0 Å². The molecule has 1 aliphatic heterocycles. The Hall–Kier alpha value is -1.73. The van der Waals surface area contributed by atoms with Crippen molar-refractivity contribution < 1.29 is 18.6 Å². The molecule has 1 fully saturated rings. The zero-order valence-electron chi connectivity index (χ0n) is 9.96. The maximum Gasteiger partial charge on any atom is 0.294 e. The first-order chi connectivity index (χ1) is 9.03. The average molecular weight is 269 g/mol. The molecule has 0 unspecified atom stereocenters. The van der Waals surface area contributed by atoms with Crippen LogP contribution >= 0.6 is 0 Å².